The zero-order valence-corrected chi connectivity index (χ0v) is 14.8. The summed E-state index contributed by atoms with van der Waals surface area (Å²) in [6.07, 6.45) is -0.0110. The summed E-state index contributed by atoms with van der Waals surface area (Å²) in [5.74, 6) is -0.206. The fourth-order valence-corrected chi connectivity index (χ4v) is 3.09. The van der Waals surface area contributed by atoms with Gasteiger partial charge in [0.2, 0.25) is 0 Å². The summed E-state index contributed by atoms with van der Waals surface area (Å²) in [4.78, 5) is 14.3. The maximum Gasteiger partial charge on any atom is 0.318 e. The molecule has 5 nitrogen and oxygen atoms in total. The van der Waals surface area contributed by atoms with Gasteiger partial charge in [-0.2, -0.15) is 0 Å². The van der Waals surface area contributed by atoms with Crippen LogP contribution in [0.2, 0.25) is 0 Å². The Balaban J connectivity index is 2.07. The summed E-state index contributed by atoms with van der Waals surface area (Å²) in [6, 6.07) is 2.98. The third-order valence-electron chi connectivity index (χ3n) is 4.40. The van der Waals surface area contributed by atoms with Crippen LogP contribution in [-0.2, 0) is 4.74 Å². The van der Waals surface area contributed by atoms with Gasteiger partial charge in [-0.15, -0.1) is 0 Å². The van der Waals surface area contributed by atoms with E-state index in [-0.39, 0.29) is 23.9 Å². The first-order valence-electron chi connectivity index (χ1n) is 8.39. The highest BCUT2D eigenvalue weighted by atomic mass is 19.1. The van der Waals surface area contributed by atoms with Crippen molar-refractivity contribution in [2.45, 2.75) is 52.3 Å². The highest BCUT2D eigenvalue weighted by molar-refractivity contribution is 5.75. The molecule has 1 aliphatic heterocycles. The van der Waals surface area contributed by atoms with Gasteiger partial charge in [0, 0.05) is 6.54 Å². The van der Waals surface area contributed by atoms with Gasteiger partial charge in [0.15, 0.2) is 0 Å². The molecule has 1 aromatic rings. The molecule has 3 atom stereocenters. The molecular formula is C18H27FN2O3. The molecule has 6 heteroatoms. The number of hydrogen-bond donors (Lipinski definition) is 2. The number of aliphatic hydroxyl groups is 1. The van der Waals surface area contributed by atoms with Gasteiger partial charge in [-0.1, -0.05) is 12.1 Å². The minimum absolute atomic E-state index is 0.136. The van der Waals surface area contributed by atoms with Crippen LogP contribution in [0.4, 0.5) is 9.18 Å². The minimum Gasteiger partial charge on any atom is -0.393 e. The number of amides is 2. The van der Waals surface area contributed by atoms with Gasteiger partial charge in [-0.25, -0.2) is 9.18 Å². The summed E-state index contributed by atoms with van der Waals surface area (Å²) in [6.45, 7) is 8.46. The fraction of sp³-hybridized carbons (Fsp3) is 0.611. The van der Waals surface area contributed by atoms with E-state index in [9.17, 15) is 14.3 Å². The van der Waals surface area contributed by atoms with Gasteiger partial charge in [0.1, 0.15) is 5.82 Å². The molecule has 2 rings (SSSR count). The number of halogens is 1. The van der Waals surface area contributed by atoms with E-state index in [0.717, 1.165) is 5.56 Å². The monoisotopic (exact) mass is 338 g/mol. The molecule has 0 unspecified atom stereocenters. The number of aliphatic hydroxyl groups excluding tert-OH is 1. The number of hydrogen-bond acceptors (Lipinski definition) is 3. The second-order valence-electron chi connectivity index (χ2n) is 6.65. The number of morpholine rings is 1. The van der Waals surface area contributed by atoms with Gasteiger partial charge < -0.3 is 20.1 Å². The van der Waals surface area contributed by atoms with Crippen molar-refractivity contribution < 1.29 is 19.0 Å². The summed E-state index contributed by atoms with van der Waals surface area (Å²) in [5.41, 5.74) is 2.02. The molecule has 0 bridgehead atoms. The first-order chi connectivity index (χ1) is 11.3. The molecule has 1 aliphatic rings. The summed E-state index contributed by atoms with van der Waals surface area (Å²) >= 11 is 0. The van der Waals surface area contributed by atoms with Crippen molar-refractivity contribution in [3.63, 3.8) is 0 Å². The number of ether oxygens (including phenoxy) is 1. The number of carbonyl (C=O) groups excluding carboxylic acids is 1. The largest absolute Gasteiger partial charge is 0.393 e. The molecule has 1 fully saturated rings. The Morgan fingerprint density at radius 1 is 1.42 bits per heavy atom. The van der Waals surface area contributed by atoms with Gasteiger partial charge in [-0.05, 0) is 50.8 Å². The lowest BCUT2D eigenvalue weighted by molar-refractivity contribution is -0.00474. The van der Waals surface area contributed by atoms with Crippen LogP contribution in [0.3, 0.4) is 0 Å². The third-order valence-corrected chi connectivity index (χ3v) is 4.40. The number of nitrogens with zero attached hydrogens (tertiary/aromatic N) is 1. The Kier molecular flexibility index (Phi) is 6.18. The zero-order chi connectivity index (χ0) is 17.9. The van der Waals surface area contributed by atoms with Crippen LogP contribution < -0.4 is 5.32 Å². The maximum atomic E-state index is 13.8. The van der Waals surface area contributed by atoms with Crippen molar-refractivity contribution in [1.29, 1.82) is 0 Å². The second-order valence-corrected chi connectivity index (χ2v) is 6.65. The van der Waals surface area contributed by atoms with E-state index in [0.29, 0.717) is 37.3 Å². The molecule has 0 radical (unpaired) electrons. The van der Waals surface area contributed by atoms with Crippen molar-refractivity contribution in [3.05, 3.63) is 34.6 Å². The number of nitrogens with one attached hydrogen (secondary N) is 1. The predicted octanol–water partition coefficient (Wildman–Crippen LogP) is 2.68. The van der Waals surface area contributed by atoms with E-state index in [1.165, 1.54) is 0 Å². The quantitative estimate of drug-likeness (QED) is 0.887. The molecule has 1 aromatic carbocycles. The molecule has 1 saturated heterocycles. The Bertz CT molecular complexity index is 569. The molecular weight excluding hydrogens is 311 g/mol. The van der Waals surface area contributed by atoms with E-state index in [2.05, 4.69) is 5.32 Å². The Hall–Kier alpha value is -1.66. The molecule has 0 aliphatic carbocycles. The van der Waals surface area contributed by atoms with Gasteiger partial charge >= 0.3 is 6.03 Å². The average Bonchev–Trinajstić information content (AvgIpc) is 2.51. The lowest BCUT2D eigenvalue weighted by atomic mass is 10.0. The van der Waals surface area contributed by atoms with Gasteiger partial charge in [-0.3, -0.25) is 0 Å². The van der Waals surface area contributed by atoms with Crippen LogP contribution in [0, 0.1) is 19.7 Å². The number of urea groups is 1. The second kappa shape index (κ2) is 7.94. The number of benzene rings is 1. The number of rotatable bonds is 4. The summed E-state index contributed by atoms with van der Waals surface area (Å²) < 4.78 is 19.2. The van der Waals surface area contributed by atoms with Crippen molar-refractivity contribution >= 4 is 6.03 Å². The molecule has 0 saturated carbocycles. The van der Waals surface area contributed by atoms with Crippen LogP contribution >= 0.6 is 0 Å². The minimum atomic E-state index is -0.494. The third kappa shape index (κ3) is 4.45. The number of carbonyl (C=O) groups is 1. The van der Waals surface area contributed by atoms with Crippen LogP contribution in [-0.4, -0.2) is 47.9 Å². The fourth-order valence-electron chi connectivity index (χ4n) is 3.09. The summed E-state index contributed by atoms with van der Waals surface area (Å²) in [5, 5.41) is 12.6. The van der Waals surface area contributed by atoms with Crippen molar-refractivity contribution in [2.75, 3.05) is 19.8 Å². The van der Waals surface area contributed by atoms with E-state index < -0.39 is 6.10 Å². The Morgan fingerprint density at radius 3 is 2.62 bits per heavy atom. The molecule has 134 valence electrons. The molecule has 24 heavy (non-hydrogen) atoms. The van der Waals surface area contributed by atoms with Crippen LogP contribution in [0.25, 0.3) is 0 Å². The first kappa shape index (κ1) is 18.7. The van der Waals surface area contributed by atoms with E-state index >= 15 is 0 Å². The smallest absolute Gasteiger partial charge is 0.318 e. The van der Waals surface area contributed by atoms with Crippen LogP contribution in [0.5, 0.6) is 0 Å². The maximum absolute atomic E-state index is 13.8. The van der Waals surface area contributed by atoms with E-state index in [1.54, 1.807) is 37.8 Å². The Morgan fingerprint density at radius 2 is 2.04 bits per heavy atom. The van der Waals surface area contributed by atoms with Crippen molar-refractivity contribution in [3.8, 4) is 0 Å². The molecule has 2 N–H and O–H groups in total. The van der Waals surface area contributed by atoms with Crippen LogP contribution in [0.1, 0.15) is 43.0 Å². The normalized spacial score (nSPS) is 20.6. The van der Waals surface area contributed by atoms with E-state index in [4.69, 9.17) is 4.74 Å². The standard InChI is InChI=1S/C18H27FN2O3/c1-11-7-15(8-12(2)17(11)19)14(4)20-18(23)21-5-6-24-10-16(21)9-13(3)22/h7-8,13-14,16,22H,5-6,9-10H2,1-4H3,(H,20,23)/t13-,14+,16+/m1/s1. The SMILES string of the molecule is Cc1cc([C@H](C)NC(=O)N2CCOC[C@@H]2C[C@@H](C)O)cc(C)c1F. The topological polar surface area (TPSA) is 61.8 Å². The first-order valence-corrected chi connectivity index (χ1v) is 8.39. The molecule has 1 heterocycles. The van der Waals surface area contributed by atoms with Crippen LogP contribution in [0.15, 0.2) is 12.1 Å². The predicted molar refractivity (Wildman–Crippen MR) is 90.4 cm³/mol. The lowest BCUT2D eigenvalue weighted by Gasteiger charge is -2.37. The van der Waals surface area contributed by atoms with E-state index in [1.807, 2.05) is 6.92 Å². The molecule has 0 spiro atoms. The highest BCUT2D eigenvalue weighted by Crippen LogP contribution is 2.21. The lowest BCUT2D eigenvalue weighted by Crippen LogP contribution is -2.53. The summed E-state index contributed by atoms with van der Waals surface area (Å²) in [7, 11) is 0. The molecule has 2 amide bonds. The molecule has 0 aromatic heterocycles. The van der Waals surface area contributed by atoms with Gasteiger partial charge in [0.25, 0.3) is 0 Å². The van der Waals surface area contributed by atoms with Gasteiger partial charge in [0.05, 0.1) is 31.4 Å². The highest BCUT2D eigenvalue weighted by Gasteiger charge is 2.29. The van der Waals surface area contributed by atoms with Crippen molar-refractivity contribution in [2.24, 2.45) is 0 Å². The zero-order valence-electron chi connectivity index (χ0n) is 14.8. The average molecular weight is 338 g/mol. The van der Waals surface area contributed by atoms with Crippen molar-refractivity contribution in [1.82, 2.24) is 10.2 Å². The Labute approximate surface area is 142 Å². The number of aryl methyl sites for hydroxylation is 2.